The Morgan fingerprint density at radius 2 is 0.605 bits per heavy atom. The van der Waals surface area contributed by atoms with E-state index >= 15 is 0 Å². The van der Waals surface area contributed by atoms with Crippen LogP contribution < -0.4 is 0 Å². The fraction of sp³-hybridized carbons (Fsp3) is 0.824. The Kier molecular flexibility index (Phi) is 32.1. The zero-order valence-corrected chi connectivity index (χ0v) is 26.0. The summed E-state index contributed by atoms with van der Waals surface area (Å²) in [5, 5.41) is 0. The Labute approximate surface area is 237 Å². The van der Waals surface area contributed by atoms with Crippen LogP contribution in [-0.2, 0) is 19.1 Å². The minimum atomic E-state index is -0.489. The van der Waals surface area contributed by atoms with Gasteiger partial charge in [0.15, 0.2) is 0 Å². The molecule has 0 atom stereocenters. The van der Waals surface area contributed by atoms with Gasteiger partial charge in [-0.3, -0.25) is 0 Å². The van der Waals surface area contributed by atoms with E-state index in [-0.39, 0.29) is 13.2 Å². The highest BCUT2D eigenvalue weighted by Gasteiger charge is 2.05. The maximum Gasteiger partial charge on any atom is 0.333 e. The van der Waals surface area contributed by atoms with Crippen LogP contribution in [0.3, 0.4) is 0 Å². The van der Waals surface area contributed by atoms with E-state index < -0.39 is 11.9 Å². The van der Waals surface area contributed by atoms with Crippen molar-refractivity contribution in [3.8, 4) is 0 Å². The zero-order chi connectivity index (χ0) is 28.7. The van der Waals surface area contributed by atoms with Crippen molar-refractivity contribution in [2.75, 3.05) is 13.2 Å². The number of ether oxygens (including phenoxy) is 2. The maximum absolute atomic E-state index is 10.8. The third kappa shape index (κ3) is 32.4. The number of esters is 2. The second-order valence-corrected chi connectivity index (χ2v) is 10.9. The van der Waals surface area contributed by atoms with Gasteiger partial charge in [0.2, 0.25) is 0 Å². The number of carbonyl (C=O) groups is 2. The third-order valence-corrected chi connectivity index (χ3v) is 6.70. The summed E-state index contributed by atoms with van der Waals surface area (Å²) in [5.74, 6) is -0.979. The molecular formula is C34H64O4. The molecule has 0 unspecified atom stereocenters. The van der Waals surface area contributed by atoms with Crippen LogP contribution in [0.25, 0.3) is 0 Å². The molecule has 224 valence electrons. The van der Waals surface area contributed by atoms with Crippen molar-refractivity contribution in [1.82, 2.24) is 0 Å². The Morgan fingerprint density at radius 3 is 0.763 bits per heavy atom. The second-order valence-electron chi connectivity index (χ2n) is 10.9. The first-order chi connectivity index (χ1) is 18.4. The fourth-order valence-electron chi connectivity index (χ4n) is 4.20. The zero-order valence-electron chi connectivity index (χ0n) is 26.0. The minimum absolute atomic E-state index is 0.0325. The minimum Gasteiger partial charge on any atom is -0.459 e. The third-order valence-electron chi connectivity index (χ3n) is 6.70. The van der Waals surface area contributed by atoms with E-state index in [2.05, 4.69) is 36.5 Å². The highest BCUT2D eigenvalue weighted by Crippen LogP contribution is 2.15. The van der Waals surface area contributed by atoms with Crippen LogP contribution >= 0.6 is 0 Å². The molecule has 0 spiro atoms. The molecule has 0 saturated heterocycles. The lowest BCUT2D eigenvalue weighted by molar-refractivity contribution is -0.147. The Morgan fingerprint density at radius 1 is 0.421 bits per heavy atom. The van der Waals surface area contributed by atoms with Crippen molar-refractivity contribution in [3.63, 3.8) is 0 Å². The molecule has 4 nitrogen and oxygen atoms in total. The van der Waals surface area contributed by atoms with Crippen LogP contribution in [0.5, 0.6) is 0 Å². The van der Waals surface area contributed by atoms with Crippen LogP contribution in [0, 0.1) is 0 Å². The highest BCUT2D eigenvalue weighted by molar-refractivity contribution is 5.87. The molecular weight excluding hydrogens is 472 g/mol. The van der Waals surface area contributed by atoms with Gasteiger partial charge in [-0.15, -0.1) is 0 Å². The molecule has 0 heterocycles. The predicted molar refractivity (Wildman–Crippen MR) is 164 cm³/mol. The molecule has 0 aliphatic heterocycles. The quantitative estimate of drug-likeness (QED) is 0.0626. The van der Waals surface area contributed by atoms with Gasteiger partial charge in [0.05, 0.1) is 0 Å². The summed E-state index contributed by atoms with van der Waals surface area (Å²) in [7, 11) is 0. The van der Waals surface area contributed by atoms with Crippen molar-refractivity contribution in [2.45, 2.75) is 169 Å². The number of unbranched alkanes of at least 4 members (excludes halogenated alkanes) is 21. The van der Waals surface area contributed by atoms with Crippen molar-refractivity contribution in [1.29, 1.82) is 0 Å². The molecule has 0 fully saturated rings. The first kappa shape index (κ1) is 38.6. The van der Waals surface area contributed by atoms with Crippen LogP contribution in [0.1, 0.15) is 169 Å². The molecule has 0 saturated carbocycles. The second kappa shape index (κ2) is 31.6. The molecule has 0 aliphatic rings. The number of rotatable bonds is 26. The van der Waals surface area contributed by atoms with Crippen molar-refractivity contribution < 1.29 is 19.1 Å². The molecule has 0 amide bonds. The molecule has 0 rings (SSSR count). The lowest BCUT2D eigenvalue weighted by Crippen LogP contribution is -2.14. The van der Waals surface area contributed by atoms with E-state index in [9.17, 15) is 9.59 Å². The average molecular weight is 537 g/mol. The summed E-state index contributed by atoms with van der Waals surface area (Å²) in [4.78, 5) is 21.7. The lowest BCUT2D eigenvalue weighted by Gasteiger charge is -2.05. The summed E-state index contributed by atoms with van der Waals surface area (Å²) in [6.45, 7) is 14.6. The molecule has 0 aromatic heterocycles. The smallest absolute Gasteiger partial charge is 0.333 e. The monoisotopic (exact) mass is 536 g/mol. The predicted octanol–water partition coefficient (Wildman–Crippen LogP) is 10.8. The first-order valence-electron chi connectivity index (χ1n) is 16.0. The van der Waals surface area contributed by atoms with Crippen LogP contribution in [-0.4, -0.2) is 25.2 Å². The number of hydrogen-bond donors (Lipinski definition) is 0. The number of hydrogen-bond acceptors (Lipinski definition) is 4. The lowest BCUT2D eigenvalue weighted by atomic mass is 10.0. The SMILES string of the molecule is C=C(C)C(=O)OCCOC(=O)C(=C)C.CCCCCCCCCCCCCCCCCCCCCCCC. The van der Waals surface area contributed by atoms with Crippen LogP contribution in [0.2, 0.25) is 0 Å². The molecule has 0 radical (unpaired) electrons. The van der Waals surface area contributed by atoms with E-state index in [1.54, 1.807) is 13.8 Å². The van der Waals surface area contributed by atoms with Gasteiger partial charge in [-0.2, -0.15) is 0 Å². The number of carbonyl (C=O) groups excluding carboxylic acids is 2. The molecule has 0 bridgehead atoms. The molecule has 0 aromatic carbocycles. The van der Waals surface area contributed by atoms with Crippen LogP contribution in [0.4, 0.5) is 0 Å². The van der Waals surface area contributed by atoms with Crippen LogP contribution in [0.15, 0.2) is 24.3 Å². The van der Waals surface area contributed by atoms with Gasteiger partial charge in [0.25, 0.3) is 0 Å². The van der Waals surface area contributed by atoms with Gasteiger partial charge in [0.1, 0.15) is 13.2 Å². The normalized spacial score (nSPS) is 10.4. The standard InChI is InChI=1S/C24H50.C10H14O4/c1-3-5-7-9-11-13-15-17-19-21-23-24-22-20-18-16-14-12-10-8-6-4-2;1-7(2)9(11)13-5-6-14-10(12)8(3)4/h3-24H2,1-2H3;1,3,5-6H2,2,4H3. The van der Waals surface area contributed by atoms with Crippen molar-refractivity contribution in [3.05, 3.63) is 24.3 Å². The maximum atomic E-state index is 10.8. The first-order valence-corrected chi connectivity index (χ1v) is 16.0. The summed E-state index contributed by atoms with van der Waals surface area (Å²) in [6.07, 6.45) is 32.4. The molecule has 4 heteroatoms. The van der Waals surface area contributed by atoms with Gasteiger partial charge in [-0.05, 0) is 13.8 Å². The molecule has 0 aliphatic carbocycles. The topological polar surface area (TPSA) is 52.6 Å². The fourth-order valence-corrected chi connectivity index (χ4v) is 4.20. The van der Waals surface area contributed by atoms with E-state index in [0.29, 0.717) is 11.1 Å². The molecule has 0 aromatic rings. The van der Waals surface area contributed by atoms with Gasteiger partial charge < -0.3 is 9.47 Å². The van der Waals surface area contributed by atoms with Gasteiger partial charge in [0, 0.05) is 11.1 Å². The highest BCUT2D eigenvalue weighted by atomic mass is 16.6. The molecule has 0 N–H and O–H groups in total. The van der Waals surface area contributed by atoms with E-state index in [4.69, 9.17) is 0 Å². The van der Waals surface area contributed by atoms with Gasteiger partial charge in [-0.1, -0.05) is 168 Å². The van der Waals surface area contributed by atoms with E-state index in [1.165, 1.54) is 141 Å². The average Bonchev–Trinajstić information content (AvgIpc) is 2.90. The summed E-state index contributed by atoms with van der Waals surface area (Å²) in [5.41, 5.74) is 0.632. The summed E-state index contributed by atoms with van der Waals surface area (Å²) < 4.78 is 9.38. The van der Waals surface area contributed by atoms with Crippen molar-refractivity contribution in [2.24, 2.45) is 0 Å². The van der Waals surface area contributed by atoms with E-state index in [1.807, 2.05) is 0 Å². The van der Waals surface area contributed by atoms with Crippen molar-refractivity contribution >= 4 is 11.9 Å². The van der Waals surface area contributed by atoms with E-state index in [0.717, 1.165) is 0 Å². The van der Waals surface area contributed by atoms with Gasteiger partial charge >= 0.3 is 11.9 Å². The Balaban J connectivity index is 0. The Bertz CT molecular complexity index is 517. The summed E-state index contributed by atoms with van der Waals surface area (Å²) >= 11 is 0. The Hall–Kier alpha value is -1.58. The molecule has 38 heavy (non-hydrogen) atoms. The summed E-state index contributed by atoms with van der Waals surface area (Å²) in [6, 6.07) is 0. The largest absolute Gasteiger partial charge is 0.459 e. The van der Waals surface area contributed by atoms with Gasteiger partial charge in [-0.25, -0.2) is 9.59 Å².